The Morgan fingerprint density at radius 2 is 1.94 bits per heavy atom. The van der Waals surface area contributed by atoms with E-state index in [-0.39, 0.29) is 60.2 Å². The van der Waals surface area contributed by atoms with Crippen LogP contribution in [0.25, 0.3) is 0 Å². The number of sulfonamides is 1. The Balaban J connectivity index is 1.61. The topological polar surface area (TPSA) is 114 Å². The number of carbonyl (C=O) groups is 2. The highest BCUT2D eigenvalue weighted by Gasteiger charge is 2.28. The third-order valence-corrected chi connectivity index (χ3v) is 6.95. The summed E-state index contributed by atoms with van der Waals surface area (Å²) in [7, 11) is -3.91. The molecule has 9 nitrogen and oxygen atoms in total. The zero-order valence-electron chi connectivity index (χ0n) is 16.0. The molecule has 0 aromatic heterocycles. The standard InChI is InChI=1S/C19H17ClFN3O6S/c20-13-8-16-17(30-10-18(25)22-16)9-15(13)23-19(26)12-7-11(1-2-14(12)21)31(27,28)24-3-5-29-6-4-24/h1-2,7-9H,3-6,10H2,(H,22,25)(H,23,26). The van der Waals surface area contributed by atoms with Crippen LogP contribution in [-0.4, -0.2) is 57.4 Å². The van der Waals surface area contributed by atoms with Crippen LogP contribution >= 0.6 is 11.6 Å². The highest BCUT2D eigenvalue weighted by atomic mass is 35.5. The average molecular weight is 470 g/mol. The van der Waals surface area contributed by atoms with Gasteiger partial charge in [0.1, 0.15) is 11.6 Å². The van der Waals surface area contributed by atoms with Crippen molar-refractivity contribution in [3.05, 3.63) is 46.7 Å². The molecular formula is C19H17ClFN3O6S. The maximum atomic E-state index is 14.4. The maximum absolute atomic E-state index is 14.4. The lowest BCUT2D eigenvalue weighted by molar-refractivity contribution is -0.118. The minimum atomic E-state index is -3.91. The molecule has 2 aromatic carbocycles. The van der Waals surface area contributed by atoms with Crippen LogP contribution in [0.3, 0.4) is 0 Å². The van der Waals surface area contributed by atoms with Crippen molar-refractivity contribution in [2.24, 2.45) is 0 Å². The molecule has 4 rings (SSSR count). The molecule has 0 radical (unpaired) electrons. The number of amides is 2. The van der Waals surface area contributed by atoms with E-state index in [1.807, 2.05) is 0 Å². The molecule has 31 heavy (non-hydrogen) atoms. The monoisotopic (exact) mass is 469 g/mol. The van der Waals surface area contributed by atoms with Gasteiger partial charge in [0.2, 0.25) is 10.0 Å². The maximum Gasteiger partial charge on any atom is 0.262 e. The van der Waals surface area contributed by atoms with Gasteiger partial charge in [0, 0.05) is 19.2 Å². The average Bonchev–Trinajstić information content (AvgIpc) is 2.75. The number of hydrogen-bond donors (Lipinski definition) is 2. The Bertz CT molecular complexity index is 1170. The van der Waals surface area contributed by atoms with Crippen LogP contribution in [0.1, 0.15) is 10.4 Å². The zero-order chi connectivity index (χ0) is 22.2. The van der Waals surface area contributed by atoms with Gasteiger partial charge in [0.05, 0.1) is 40.1 Å². The first kappa shape index (κ1) is 21.5. The summed E-state index contributed by atoms with van der Waals surface area (Å²) >= 11 is 6.16. The van der Waals surface area contributed by atoms with E-state index in [4.69, 9.17) is 21.1 Å². The Kier molecular flexibility index (Phi) is 5.84. The Morgan fingerprint density at radius 3 is 2.68 bits per heavy atom. The van der Waals surface area contributed by atoms with Gasteiger partial charge in [-0.05, 0) is 24.3 Å². The molecule has 2 N–H and O–H groups in total. The fraction of sp³-hybridized carbons (Fsp3) is 0.263. The largest absolute Gasteiger partial charge is 0.482 e. The van der Waals surface area contributed by atoms with E-state index in [9.17, 15) is 22.4 Å². The molecule has 164 valence electrons. The number of nitrogens with zero attached hydrogens (tertiary/aromatic N) is 1. The molecule has 0 aliphatic carbocycles. The van der Waals surface area contributed by atoms with Gasteiger partial charge < -0.3 is 20.1 Å². The van der Waals surface area contributed by atoms with Crippen molar-refractivity contribution in [2.45, 2.75) is 4.90 Å². The number of halogens is 2. The summed E-state index contributed by atoms with van der Waals surface area (Å²) in [5.74, 6) is -1.85. The molecule has 0 saturated carbocycles. The molecule has 2 heterocycles. The first-order valence-corrected chi connectivity index (χ1v) is 11.0. The van der Waals surface area contributed by atoms with Crippen molar-refractivity contribution >= 4 is 44.8 Å². The van der Waals surface area contributed by atoms with E-state index in [0.717, 1.165) is 18.2 Å². The van der Waals surface area contributed by atoms with E-state index < -0.39 is 27.3 Å². The summed E-state index contributed by atoms with van der Waals surface area (Å²) in [6.07, 6.45) is 0. The number of carbonyl (C=O) groups excluding carboxylic acids is 2. The van der Waals surface area contributed by atoms with Crippen LogP contribution in [0.2, 0.25) is 5.02 Å². The summed E-state index contributed by atoms with van der Waals surface area (Å²) in [6.45, 7) is 0.656. The minimum Gasteiger partial charge on any atom is -0.482 e. The van der Waals surface area contributed by atoms with Gasteiger partial charge in [-0.1, -0.05) is 11.6 Å². The Morgan fingerprint density at radius 1 is 1.19 bits per heavy atom. The van der Waals surface area contributed by atoms with E-state index >= 15 is 0 Å². The molecular weight excluding hydrogens is 453 g/mol. The molecule has 1 fully saturated rings. The first-order chi connectivity index (χ1) is 14.8. The van der Waals surface area contributed by atoms with Crippen molar-refractivity contribution in [2.75, 3.05) is 43.5 Å². The third-order valence-electron chi connectivity index (χ3n) is 4.74. The number of nitrogens with one attached hydrogen (secondary N) is 2. The lowest BCUT2D eigenvalue weighted by Crippen LogP contribution is -2.40. The van der Waals surface area contributed by atoms with Crippen LogP contribution in [0.15, 0.2) is 35.2 Å². The van der Waals surface area contributed by atoms with Crippen LogP contribution in [0, 0.1) is 5.82 Å². The minimum absolute atomic E-state index is 0.0791. The number of fused-ring (bicyclic) bond motifs is 1. The molecule has 0 bridgehead atoms. The molecule has 0 atom stereocenters. The number of morpholine rings is 1. The van der Waals surface area contributed by atoms with E-state index in [1.165, 1.54) is 16.4 Å². The van der Waals surface area contributed by atoms with E-state index in [1.54, 1.807) is 0 Å². The predicted molar refractivity (Wildman–Crippen MR) is 110 cm³/mol. The fourth-order valence-corrected chi connectivity index (χ4v) is 4.81. The van der Waals surface area contributed by atoms with Crippen molar-refractivity contribution in [1.82, 2.24) is 4.31 Å². The second kappa shape index (κ2) is 8.42. The summed E-state index contributed by atoms with van der Waals surface area (Å²) in [6, 6.07) is 5.80. The lowest BCUT2D eigenvalue weighted by Gasteiger charge is -2.26. The smallest absolute Gasteiger partial charge is 0.262 e. The quantitative estimate of drug-likeness (QED) is 0.708. The number of rotatable bonds is 4. The molecule has 2 aromatic rings. The van der Waals surface area contributed by atoms with Gasteiger partial charge in [-0.2, -0.15) is 4.31 Å². The van der Waals surface area contributed by atoms with Gasteiger partial charge >= 0.3 is 0 Å². The van der Waals surface area contributed by atoms with Crippen LogP contribution in [-0.2, 0) is 19.6 Å². The summed E-state index contributed by atoms with van der Waals surface area (Å²) < 4.78 is 51.7. The number of benzene rings is 2. The van der Waals surface area contributed by atoms with Crippen molar-refractivity contribution in [3.63, 3.8) is 0 Å². The Labute approximate surface area is 182 Å². The number of anilines is 2. The molecule has 2 aliphatic rings. The SMILES string of the molecule is O=C1COc2cc(NC(=O)c3cc(S(=O)(=O)N4CCOCC4)ccc3F)c(Cl)cc2N1. The van der Waals surface area contributed by atoms with Crippen molar-refractivity contribution < 1.29 is 31.9 Å². The van der Waals surface area contributed by atoms with Gasteiger partial charge in [0.15, 0.2) is 6.61 Å². The third kappa shape index (κ3) is 4.35. The van der Waals surface area contributed by atoms with Crippen molar-refractivity contribution in [1.29, 1.82) is 0 Å². The second-order valence-corrected chi connectivity index (χ2v) is 9.12. The molecule has 0 spiro atoms. The summed E-state index contributed by atoms with van der Waals surface area (Å²) in [4.78, 5) is 23.9. The van der Waals surface area contributed by atoms with Crippen LogP contribution < -0.4 is 15.4 Å². The van der Waals surface area contributed by atoms with Gasteiger partial charge in [0.25, 0.3) is 11.8 Å². The molecule has 1 saturated heterocycles. The van der Waals surface area contributed by atoms with E-state index in [0.29, 0.717) is 5.69 Å². The van der Waals surface area contributed by atoms with E-state index in [2.05, 4.69) is 10.6 Å². The Hall–Kier alpha value is -2.73. The molecule has 2 amide bonds. The predicted octanol–water partition coefficient (Wildman–Crippen LogP) is 2.08. The summed E-state index contributed by atoms with van der Waals surface area (Å²) in [5.41, 5.74) is -0.0104. The molecule has 0 unspecified atom stereocenters. The van der Waals surface area contributed by atoms with Crippen molar-refractivity contribution in [3.8, 4) is 5.75 Å². The normalized spacial score (nSPS) is 16.8. The summed E-state index contributed by atoms with van der Waals surface area (Å²) in [5, 5.41) is 5.11. The lowest BCUT2D eigenvalue weighted by atomic mass is 10.2. The highest BCUT2D eigenvalue weighted by molar-refractivity contribution is 7.89. The van der Waals surface area contributed by atoms with Crippen LogP contribution in [0.4, 0.5) is 15.8 Å². The second-order valence-electron chi connectivity index (χ2n) is 6.78. The zero-order valence-corrected chi connectivity index (χ0v) is 17.6. The highest BCUT2D eigenvalue weighted by Crippen LogP contribution is 2.36. The number of ether oxygens (including phenoxy) is 2. The van der Waals surface area contributed by atoms with Gasteiger partial charge in [-0.3, -0.25) is 9.59 Å². The van der Waals surface area contributed by atoms with Gasteiger partial charge in [-0.25, -0.2) is 12.8 Å². The first-order valence-electron chi connectivity index (χ1n) is 9.21. The molecule has 2 aliphatic heterocycles. The molecule has 12 heteroatoms. The van der Waals surface area contributed by atoms with Crippen LogP contribution in [0.5, 0.6) is 5.75 Å². The fourth-order valence-electron chi connectivity index (χ4n) is 3.16. The van der Waals surface area contributed by atoms with Gasteiger partial charge in [-0.15, -0.1) is 0 Å². The number of hydrogen-bond acceptors (Lipinski definition) is 6.